The highest BCUT2D eigenvalue weighted by molar-refractivity contribution is 7.13. The molecule has 10 heteroatoms. The van der Waals surface area contributed by atoms with Crippen LogP contribution in [0, 0.1) is 0 Å². The van der Waals surface area contributed by atoms with Gasteiger partial charge in [0.2, 0.25) is 0 Å². The monoisotopic (exact) mass is 454 g/mol. The molecule has 4 aromatic rings. The van der Waals surface area contributed by atoms with E-state index in [1.807, 2.05) is 32.0 Å². The lowest BCUT2D eigenvalue weighted by atomic mass is 10.0. The average Bonchev–Trinajstić information content (AvgIpc) is 3.32. The maximum atomic E-state index is 13.1. The van der Waals surface area contributed by atoms with Crippen LogP contribution in [0.3, 0.4) is 0 Å². The number of aromatic nitrogens is 4. The molecule has 1 aromatic carbocycles. The van der Waals surface area contributed by atoms with Crippen LogP contribution in [0.25, 0.3) is 21.5 Å². The van der Waals surface area contributed by atoms with Crippen LogP contribution < -0.4 is 15.4 Å². The summed E-state index contributed by atoms with van der Waals surface area (Å²) in [7, 11) is 1.56. The lowest BCUT2D eigenvalue weighted by Crippen LogP contribution is -2.51. The molecule has 0 bridgehead atoms. The van der Waals surface area contributed by atoms with Crippen molar-refractivity contribution < 1.29 is 9.53 Å². The summed E-state index contributed by atoms with van der Waals surface area (Å²) in [6.45, 7) is 4.47. The highest BCUT2D eigenvalue weighted by atomic mass is 35.5. The molecular formula is C21H19ClN6O2S. The number of benzene rings is 1. The molecule has 0 atom stereocenters. The summed E-state index contributed by atoms with van der Waals surface area (Å²) >= 11 is 7.66. The number of nitrogens with one attached hydrogen (secondary N) is 2. The van der Waals surface area contributed by atoms with Crippen molar-refractivity contribution in [2.24, 2.45) is 0 Å². The van der Waals surface area contributed by atoms with Crippen LogP contribution in [-0.4, -0.2) is 37.7 Å². The van der Waals surface area contributed by atoms with Gasteiger partial charge in [-0.05, 0) is 43.6 Å². The van der Waals surface area contributed by atoms with Gasteiger partial charge in [-0.1, -0.05) is 17.7 Å². The molecule has 0 saturated heterocycles. The fourth-order valence-electron chi connectivity index (χ4n) is 3.81. The second-order valence-corrected chi connectivity index (χ2v) is 9.12. The van der Waals surface area contributed by atoms with Crippen LogP contribution in [0.5, 0.6) is 5.75 Å². The number of amides is 1. The number of fused-ring (bicyclic) bond motifs is 2. The summed E-state index contributed by atoms with van der Waals surface area (Å²) < 4.78 is 12.4. The molecule has 0 radical (unpaired) electrons. The quantitative estimate of drug-likeness (QED) is 0.472. The van der Waals surface area contributed by atoms with Gasteiger partial charge in [0.1, 0.15) is 11.2 Å². The van der Waals surface area contributed by atoms with Crippen molar-refractivity contribution in [3.8, 4) is 17.0 Å². The molecule has 0 fully saturated rings. The van der Waals surface area contributed by atoms with Gasteiger partial charge >= 0.3 is 0 Å². The van der Waals surface area contributed by atoms with E-state index in [0.717, 1.165) is 15.8 Å². The van der Waals surface area contributed by atoms with Crippen molar-refractivity contribution in [2.45, 2.75) is 25.9 Å². The Hall–Kier alpha value is -3.17. The Balaban J connectivity index is 1.75. The van der Waals surface area contributed by atoms with Gasteiger partial charge in [-0.25, -0.2) is 0 Å². The molecule has 1 aliphatic rings. The second kappa shape index (κ2) is 7.21. The minimum Gasteiger partial charge on any atom is -0.493 e. The number of halogens is 1. The van der Waals surface area contributed by atoms with E-state index < -0.39 is 5.54 Å². The Labute approximate surface area is 187 Å². The maximum absolute atomic E-state index is 13.1. The number of anilines is 2. The van der Waals surface area contributed by atoms with Gasteiger partial charge in [-0.3, -0.25) is 14.5 Å². The van der Waals surface area contributed by atoms with Gasteiger partial charge in [0.15, 0.2) is 11.4 Å². The van der Waals surface area contributed by atoms with Gasteiger partial charge in [0, 0.05) is 11.8 Å². The number of methoxy groups -OCH3 is 1. The number of hydrogen-bond donors (Lipinski definition) is 2. The lowest BCUT2D eigenvalue weighted by molar-refractivity contribution is 0.0856. The molecule has 8 nitrogen and oxygen atoms in total. The van der Waals surface area contributed by atoms with Gasteiger partial charge in [-0.2, -0.15) is 9.47 Å². The summed E-state index contributed by atoms with van der Waals surface area (Å²) in [4.78, 5) is 17.5. The van der Waals surface area contributed by atoms with Crippen molar-refractivity contribution in [2.75, 3.05) is 12.4 Å². The summed E-state index contributed by atoms with van der Waals surface area (Å²) in [5.74, 6) is 0.289. The van der Waals surface area contributed by atoms with Crippen molar-refractivity contribution in [1.82, 2.24) is 24.5 Å². The molecule has 1 aliphatic heterocycles. The van der Waals surface area contributed by atoms with Crippen LogP contribution >= 0.6 is 23.1 Å². The van der Waals surface area contributed by atoms with Gasteiger partial charge in [0.25, 0.3) is 5.91 Å². The Bertz CT molecular complexity index is 1330. The summed E-state index contributed by atoms with van der Waals surface area (Å²) in [6.07, 6.45) is 3.45. The van der Waals surface area contributed by atoms with E-state index in [9.17, 15) is 4.79 Å². The number of carbonyl (C=O) groups is 1. The molecule has 2 N–H and O–H groups in total. The number of hydrogen-bond acceptors (Lipinski definition) is 7. The zero-order valence-corrected chi connectivity index (χ0v) is 18.6. The smallest absolute Gasteiger partial charge is 0.272 e. The molecule has 4 heterocycles. The normalized spacial score (nSPS) is 14.9. The SMILES string of the molecule is COc1c(Cl)cccc1Nc1c(-c2ccnc3cnsc23)nn2c1C(=O)NC(C)(C)C2. The van der Waals surface area contributed by atoms with Crippen molar-refractivity contribution >= 4 is 50.6 Å². The largest absolute Gasteiger partial charge is 0.493 e. The molecule has 0 aliphatic carbocycles. The minimum atomic E-state index is -0.420. The van der Waals surface area contributed by atoms with Crippen LogP contribution in [0.2, 0.25) is 5.02 Å². The summed E-state index contributed by atoms with van der Waals surface area (Å²) in [5.41, 5.74) is 3.52. The predicted octanol–water partition coefficient (Wildman–Crippen LogP) is 4.48. The molecule has 3 aromatic heterocycles. The Morgan fingerprint density at radius 2 is 2.16 bits per heavy atom. The summed E-state index contributed by atoms with van der Waals surface area (Å²) in [6, 6.07) is 7.30. The highest BCUT2D eigenvalue weighted by Crippen LogP contribution is 2.41. The highest BCUT2D eigenvalue weighted by Gasteiger charge is 2.36. The first-order chi connectivity index (χ1) is 14.9. The Morgan fingerprint density at radius 3 is 2.97 bits per heavy atom. The van der Waals surface area contributed by atoms with Crippen LogP contribution in [-0.2, 0) is 6.54 Å². The number of rotatable bonds is 4. The Morgan fingerprint density at radius 1 is 1.32 bits per heavy atom. The van der Waals surface area contributed by atoms with Gasteiger partial charge in [0.05, 0.1) is 46.5 Å². The zero-order chi connectivity index (χ0) is 21.8. The molecular weight excluding hydrogens is 436 g/mol. The minimum absolute atomic E-state index is 0.201. The molecule has 5 rings (SSSR count). The number of nitrogens with zero attached hydrogens (tertiary/aromatic N) is 4. The van der Waals surface area contributed by atoms with E-state index in [-0.39, 0.29) is 5.91 Å². The second-order valence-electron chi connectivity index (χ2n) is 7.91. The fourth-order valence-corrected chi connectivity index (χ4v) is 4.78. The van der Waals surface area contributed by atoms with Gasteiger partial charge in [-0.15, -0.1) is 0 Å². The molecule has 1 amide bonds. The van der Waals surface area contributed by atoms with E-state index in [2.05, 4.69) is 20.0 Å². The predicted molar refractivity (Wildman–Crippen MR) is 121 cm³/mol. The molecule has 31 heavy (non-hydrogen) atoms. The van der Waals surface area contributed by atoms with E-state index >= 15 is 0 Å². The summed E-state index contributed by atoms with van der Waals surface area (Å²) in [5, 5.41) is 11.7. The third-order valence-corrected chi connectivity index (χ3v) is 6.22. The number of ether oxygens (including phenoxy) is 1. The van der Waals surface area contributed by atoms with E-state index in [1.54, 1.807) is 30.3 Å². The molecule has 0 unspecified atom stereocenters. The average molecular weight is 455 g/mol. The van der Waals surface area contributed by atoms with Crippen LogP contribution in [0.4, 0.5) is 11.4 Å². The van der Waals surface area contributed by atoms with Crippen LogP contribution in [0.15, 0.2) is 36.7 Å². The van der Waals surface area contributed by atoms with E-state index in [4.69, 9.17) is 21.4 Å². The number of carbonyl (C=O) groups excluding carboxylic acids is 1. The topological polar surface area (TPSA) is 94.0 Å². The van der Waals surface area contributed by atoms with Crippen LogP contribution in [0.1, 0.15) is 24.3 Å². The van der Waals surface area contributed by atoms with Crippen molar-refractivity contribution in [3.05, 3.63) is 47.4 Å². The standard InChI is InChI=1S/C21H19ClN6O2S/c1-21(2)10-28-17(20(29)26-21)16(25-13-6-4-5-12(22)18(13)30-3)15(27-28)11-7-8-23-14-9-24-31-19(11)14/h4-9,25H,10H2,1-3H3,(H,26,29). The first kappa shape index (κ1) is 19.8. The first-order valence-corrected chi connectivity index (χ1v) is 10.8. The van der Waals surface area contributed by atoms with E-state index in [1.165, 1.54) is 11.5 Å². The number of para-hydroxylation sites is 1. The Kier molecular flexibility index (Phi) is 4.60. The number of pyridine rings is 1. The first-order valence-electron chi connectivity index (χ1n) is 9.60. The third kappa shape index (κ3) is 3.30. The van der Waals surface area contributed by atoms with Gasteiger partial charge < -0.3 is 15.4 Å². The molecule has 0 saturated carbocycles. The third-order valence-electron chi connectivity index (χ3n) is 5.10. The van der Waals surface area contributed by atoms with Crippen molar-refractivity contribution in [1.29, 1.82) is 0 Å². The zero-order valence-electron chi connectivity index (χ0n) is 17.1. The fraction of sp³-hybridized carbons (Fsp3) is 0.238. The van der Waals surface area contributed by atoms with Crippen molar-refractivity contribution in [3.63, 3.8) is 0 Å². The maximum Gasteiger partial charge on any atom is 0.272 e. The van der Waals surface area contributed by atoms with E-state index in [0.29, 0.717) is 40.1 Å². The molecule has 158 valence electrons. The lowest BCUT2D eigenvalue weighted by Gasteiger charge is -2.31. The molecule has 0 spiro atoms.